The molecule has 4 heteroatoms. The van der Waals surface area contributed by atoms with Crippen LogP contribution in [0.2, 0.25) is 0 Å². The molecule has 2 rings (SSSR count). The van der Waals surface area contributed by atoms with Crippen LogP contribution in [0.1, 0.15) is 59.3 Å². The van der Waals surface area contributed by atoms with E-state index in [2.05, 4.69) is 10.6 Å². The summed E-state index contributed by atoms with van der Waals surface area (Å²) in [6, 6.07) is 7.79. The minimum Gasteiger partial charge on any atom is -0.444 e. The van der Waals surface area contributed by atoms with Gasteiger partial charge in [0.1, 0.15) is 5.60 Å². The first-order valence-electron chi connectivity index (χ1n) is 8.76. The van der Waals surface area contributed by atoms with Gasteiger partial charge >= 0.3 is 6.09 Å². The van der Waals surface area contributed by atoms with Crippen LogP contribution in [0.4, 0.5) is 16.2 Å². The molecule has 1 fully saturated rings. The second-order valence-electron chi connectivity index (χ2n) is 7.43. The second kappa shape index (κ2) is 8.23. The van der Waals surface area contributed by atoms with Gasteiger partial charge in [-0.2, -0.15) is 0 Å². The van der Waals surface area contributed by atoms with E-state index in [4.69, 9.17) is 4.74 Å². The summed E-state index contributed by atoms with van der Waals surface area (Å²) in [5.74, 6) is 0.874. The van der Waals surface area contributed by atoms with E-state index in [1.165, 1.54) is 38.5 Å². The zero-order valence-corrected chi connectivity index (χ0v) is 14.7. The first kappa shape index (κ1) is 17.6. The van der Waals surface area contributed by atoms with Crippen LogP contribution in [-0.2, 0) is 4.74 Å². The van der Waals surface area contributed by atoms with Crippen molar-refractivity contribution in [3.8, 4) is 0 Å². The molecular weight excluding hydrogens is 288 g/mol. The standard InChI is InChI=1S/C19H30N2O2/c1-19(2,3)23-18(22)21-17-11-7-10-16(14-17)20-13-12-15-8-5-4-6-9-15/h7,10-11,14-15,20H,4-6,8-9,12-13H2,1-3H3,(H,21,22). The fourth-order valence-corrected chi connectivity index (χ4v) is 3.02. The fraction of sp³-hybridized carbons (Fsp3) is 0.632. The van der Waals surface area contributed by atoms with Crippen molar-refractivity contribution in [3.05, 3.63) is 24.3 Å². The Hall–Kier alpha value is -1.71. The van der Waals surface area contributed by atoms with Gasteiger partial charge in [0.05, 0.1) is 0 Å². The number of ether oxygens (including phenoxy) is 1. The molecule has 1 saturated carbocycles. The number of hydrogen-bond donors (Lipinski definition) is 2. The maximum atomic E-state index is 11.8. The van der Waals surface area contributed by atoms with Gasteiger partial charge in [0.15, 0.2) is 0 Å². The monoisotopic (exact) mass is 318 g/mol. The number of carbonyl (C=O) groups excluding carboxylic acids is 1. The van der Waals surface area contributed by atoms with Crippen LogP contribution >= 0.6 is 0 Å². The van der Waals surface area contributed by atoms with Crippen LogP contribution in [0.5, 0.6) is 0 Å². The Bertz CT molecular complexity index is 502. The number of rotatable bonds is 5. The molecule has 0 spiro atoms. The zero-order chi connectivity index (χ0) is 16.7. The molecule has 4 nitrogen and oxygen atoms in total. The lowest BCUT2D eigenvalue weighted by Gasteiger charge is -2.22. The smallest absolute Gasteiger partial charge is 0.412 e. The third-order valence-electron chi connectivity index (χ3n) is 4.11. The third kappa shape index (κ3) is 6.93. The summed E-state index contributed by atoms with van der Waals surface area (Å²) in [5.41, 5.74) is 1.30. The van der Waals surface area contributed by atoms with E-state index in [0.29, 0.717) is 0 Å². The average Bonchev–Trinajstić information content (AvgIpc) is 2.46. The van der Waals surface area contributed by atoms with Crippen LogP contribution < -0.4 is 10.6 Å². The van der Waals surface area contributed by atoms with E-state index in [1.54, 1.807) is 0 Å². The highest BCUT2D eigenvalue weighted by Crippen LogP contribution is 2.26. The Labute approximate surface area is 140 Å². The molecule has 0 radical (unpaired) electrons. The van der Waals surface area contributed by atoms with Gasteiger partial charge in [0, 0.05) is 17.9 Å². The number of benzene rings is 1. The molecule has 0 aliphatic heterocycles. The maximum absolute atomic E-state index is 11.8. The summed E-state index contributed by atoms with van der Waals surface area (Å²) in [4.78, 5) is 11.8. The predicted octanol–water partition coefficient (Wildman–Crippen LogP) is 5.42. The summed E-state index contributed by atoms with van der Waals surface area (Å²) < 4.78 is 5.27. The summed E-state index contributed by atoms with van der Waals surface area (Å²) in [5, 5.41) is 6.24. The van der Waals surface area contributed by atoms with Gasteiger partial charge in [-0.05, 0) is 51.3 Å². The molecular formula is C19H30N2O2. The Kier molecular flexibility index (Phi) is 6.31. The van der Waals surface area contributed by atoms with Crippen molar-refractivity contribution in [2.75, 3.05) is 17.2 Å². The van der Waals surface area contributed by atoms with E-state index in [-0.39, 0.29) is 0 Å². The van der Waals surface area contributed by atoms with Crippen molar-refractivity contribution in [1.82, 2.24) is 0 Å². The van der Waals surface area contributed by atoms with Gasteiger partial charge < -0.3 is 10.1 Å². The fourth-order valence-electron chi connectivity index (χ4n) is 3.02. The van der Waals surface area contributed by atoms with Gasteiger partial charge in [0.2, 0.25) is 0 Å². The summed E-state index contributed by atoms with van der Waals surface area (Å²) >= 11 is 0. The Morgan fingerprint density at radius 2 is 1.87 bits per heavy atom. The summed E-state index contributed by atoms with van der Waals surface area (Å²) in [7, 11) is 0. The molecule has 0 saturated heterocycles. The average molecular weight is 318 g/mol. The number of carbonyl (C=O) groups is 1. The summed E-state index contributed by atoms with van der Waals surface area (Å²) in [6.45, 7) is 6.56. The highest BCUT2D eigenvalue weighted by Gasteiger charge is 2.16. The van der Waals surface area contributed by atoms with Crippen LogP contribution in [0.25, 0.3) is 0 Å². The molecule has 0 bridgehead atoms. The van der Waals surface area contributed by atoms with Gasteiger partial charge in [-0.1, -0.05) is 38.2 Å². The predicted molar refractivity (Wildman–Crippen MR) is 96.0 cm³/mol. The maximum Gasteiger partial charge on any atom is 0.412 e. The molecule has 23 heavy (non-hydrogen) atoms. The van der Waals surface area contributed by atoms with Crippen LogP contribution in [0.3, 0.4) is 0 Å². The van der Waals surface area contributed by atoms with E-state index in [1.807, 2.05) is 45.0 Å². The van der Waals surface area contributed by atoms with Crippen molar-refractivity contribution in [1.29, 1.82) is 0 Å². The molecule has 1 aliphatic carbocycles. The SMILES string of the molecule is CC(C)(C)OC(=O)Nc1cccc(NCCC2CCCCC2)c1. The molecule has 0 aromatic heterocycles. The van der Waals surface area contributed by atoms with Crippen molar-refractivity contribution < 1.29 is 9.53 Å². The quantitative estimate of drug-likeness (QED) is 0.762. The molecule has 1 aromatic rings. The van der Waals surface area contributed by atoms with E-state index >= 15 is 0 Å². The molecule has 2 N–H and O–H groups in total. The van der Waals surface area contributed by atoms with E-state index in [9.17, 15) is 4.79 Å². The van der Waals surface area contributed by atoms with Crippen LogP contribution in [-0.4, -0.2) is 18.2 Å². The van der Waals surface area contributed by atoms with Crippen molar-refractivity contribution in [2.24, 2.45) is 5.92 Å². The van der Waals surface area contributed by atoms with Gasteiger partial charge in [-0.3, -0.25) is 5.32 Å². The lowest BCUT2D eigenvalue weighted by Crippen LogP contribution is -2.27. The highest BCUT2D eigenvalue weighted by atomic mass is 16.6. The Morgan fingerprint density at radius 1 is 1.17 bits per heavy atom. The summed E-state index contributed by atoms with van der Waals surface area (Å²) in [6.07, 6.45) is 7.74. The van der Waals surface area contributed by atoms with Gasteiger partial charge in [-0.25, -0.2) is 4.79 Å². The minimum atomic E-state index is -0.486. The van der Waals surface area contributed by atoms with Crippen LogP contribution in [0, 0.1) is 5.92 Å². The molecule has 0 heterocycles. The normalized spacial score (nSPS) is 16.0. The Morgan fingerprint density at radius 3 is 2.57 bits per heavy atom. The molecule has 1 aliphatic rings. The molecule has 0 unspecified atom stereocenters. The number of amides is 1. The van der Waals surface area contributed by atoms with E-state index in [0.717, 1.165) is 23.8 Å². The first-order chi connectivity index (χ1) is 10.9. The van der Waals surface area contributed by atoms with Gasteiger partial charge in [-0.15, -0.1) is 0 Å². The zero-order valence-electron chi connectivity index (χ0n) is 14.7. The highest BCUT2D eigenvalue weighted by molar-refractivity contribution is 5.85. The van der Waals surface area contributed by atoms with E-state index < -0.39 is 11.7 Å². The molecule has 1 aromatic carbocycles. The first-order valence-corrected chi connectivity index (χ1v) is 8.76. The van der Waals surface area contributed by atoms with Crippen molar-refractivity contribution in [3.63, 3.8) is 0 Å². The van der Waals surface area contributed by atoms with Crippen LogP contribution in [0.15, 0.2) is 24.3 Å². The van der Waals surface area contributed by atoms with Crippen molar-refractivity contribution in [2.45, 2.75) is 64.9 Å². The topological polar surface area (TPSA) is 50.4 Å². The molecule has 0 atom stereocenters. The number of hydrogen-bond acceptors (Lipinski definition) is 3. The number of anilines is 2. The lowest BCUT2D eigenvalue weighted by atomic mass is 9.87. The van der Waals surface area contributed by atoms with Crippen molar-refractivity contribution >= 4 is 17.5 Å². The third-order valence-corrected chi connectivity index (χ3v) is 4.11. The number of nitrogens with one attached hydrogen (secondary N) is 2. The lowest BCUT2D eigenvalue weighted by molar-refractivity contribution is 0.0636. The Balaban J connectivity index is 1.78. The molecule has 1 amide bonds. The van der Waals surface area contributed by atoms with Gasteiger partial charge in [0.25, 0.3) is 0 Å². The molecule has 128 valence electrons. The largest absolute Gasteiger partial charge is 0.444 e. The second-order valence-corrected chi connectivity index (χ2v) is 7.43. The minimum absolute atomic E-state index is 0.420.